The average Bonchev–Trinajstić information content (AvgIpc) is 2.88. The SMILES string of the molecule is CCCCc1ccc(C#Cc2ccc(C(CCCC)Oc3ccc4c(c3)OC(C)(C)OC4=O)cc2)cc1. The summed E-state index contributed by atoms with van der Waals surface area (Å²) in [4.78, 5) is 12.3. The van der Waals surface area contributed by atoms with Crippen LogP contribution in [0.25, 0.3) is 0 Å². The van der Waals surface area contributed by atoms with E-state index in [0.717, 1.165) is 42.4 Å². The molecule has 1 unspecified atom stereocenters. The highest BCUT2D eigenvalue weighted by Gasteiger charge is 2.34. The van der Waals surface area contributed by atoms with Crippen LogP contribution in [0.4, 0.5) is 0 Å². The summed E-state index contributed by atoms with van der Waals surface area (Å²) in [5.41, 5.74) is 4.86. The summed E-state index contributed by atoms with van der Waals surface area (Å²) in [6.45, 7) is 7.83. The Bertz CT molecular complexity index is 1260. The van der Waals surface area contributed by atoms with Crippen molar-refractivity contribution in [1.29, 1.82) is 0 Å². The molecule has 3 aromatic rings. The lowest BCUT2D eigenvalue weighted by Crippen LogP contribution is -2.38. The van der Waals surface area contributed by atoms with Crippen LogP contribution in [0.15, 0.2) is 66.7 Å². The van der Waals surface area contributed by atoms with Gasteiger partial charge in [-0.1, -0.05) is 62.8 Å². The smallest absolute Gasteiger partial charge is 0.345 e. The van der Waals surface area contributed by atoms with E-state index in [2.05, 4.69) is 74.2 Å². The summed E-state index contributed by atoms with van der Waals surface area (Å²) in [5, 5.41) is 0. The molecule has 0 N–H and O–H groups in total. The maximum atomic E-state index is 12.3. The van der Waals surface area contributed by atoms with Gasteiger partial charge in [0.25, 0.3) is 0 Å². The van der Waals surface area contributed by atoms with Gasteiger partial charge in [-0.3, -0.25) is 0 Å². The van der Waals surface area contributed by atoms with E-state index < -0.39 is 5.79 Å². The molecule has 3 aromatic carbocycles. The number of unbranched alkanes of at least 4 members (excludes halogenated alkanes) is 2. The summed E-state index contributed by atoms with van der Waals surface area (Å²) < 4.78 is 17.6. The molecule has 0 bridgehead atoms. The zero-order valence-corrected chi connectivity index (χ0v) is 22.3. The average molecular weight is 497 g/mol. The lowest BCUT2D eigenvalue weighted by Gasteiger charge is -2.32. The van der Waals surface area contributed by atoms with Gasteiger partial charge in [-0.25, -0.2) is 4.79 Å². The van der Waals surface area contributed by atoms with Gasteiger partial charge in [-0.2, -0.15) is 0 Å². The molecule has 4 heteroatoms. The van der Waals surface area contributed by atoms with Crippen LogP contribution in [0.5, 0.6) is 11.5 Å². The molecule has 1 atom stereocenters. The van der Waals surface area contributed by atoms with E-state index in [4.69, 9.17) is 14.2 Å². The van der Waals surface area contributed by atoms with Gasteiger partial charge in [0, 0.05) is 31.0 Å². The largest absolute Gasteiger partial charge is 0.486 e. The Hall–Kier alpha value is -3.71. The first-order valence-corrected chi connectivity index (χ1v) is 13.3. The number of rotatable bonds is 9. The number of benzene rings is 3. The molecule has 0 spiro atoms. The molecule has 0 saturated carbocycles. The molecular weight excluding hydrogens is 460 g/mol. The number of carbonyl (C=O) groups is 1. The van der Waals surface area contributed by atoms with E-state index in [0.29, 0.717) is 17.1 Å². The van der Waals surface area contributed by atoms with Crippen molar-refractivity contribution in [3.63, 3.8) is 0 Å². The zero-order chi connectivity index (χ0) is 26.3. The highest BCUT2D eigenvalue weighted by atomic mass is 16.7. The predicted octanol–water partition coefficient (Wildman–Crippen LogP) is 8.02. The quantitative estimate of drug-likeness (QED) is 0.222. The topological polar surface area (TPSA) is 44.8 Å². The zero-order valence-electron chi connectivity index (χ0n) is 22.3. The molecule has 1 heterocycles. The van der Waals surface area contributed by atoms with Crippen LogP contribution in [0.2, 0.25) is 0 Å². The Morgan fingerprint density at radius 2 is 1.49 bits per heavy atom. The van der Waals surface area contributed by atoms with Crippen molar-refractivity contribution in [3.05, 3.63) is 94.5 Å². The monoisotopic (exact) mass is 496 g/mol. The van der Waals surface area contributed by atoms with Gasteiger partial charge in [0.15, 0.2) is 0 Å². The fraction of sp³-hybridized carbons (Fsp3) is 0.364. The van der Waals surface area contributed by atoms with E-state index in [1.165, 1.54) is 18.4 Å². The number of ether oxygens (including phenoxy) is 3. The lowest BCUT2D eigenvalue weighted by atomic mass is 10.0. The molecule has 0 aromatic heterocycles. The van der Waals surface area contributed by atoms with Crippen molar-refractivity contribution < 1.29 is 19.0 Å². The molecular formula is C33H36O4. The van der Waals surface area contributed by atoms with Gasteiger partial charge in [0.1, 0.15) is 23.2 Å². The first-order valence-electron chi connectivity index (χ1n) is 13.3. The Kier molecular flexibility index (Phi) is 8.56. The molecule has 4 rings (SSSR count). The van der Waals surface area contributed by atoms with E-state index in [-0.39, 0.29) is 12.1 Å². The molecule has 37 heavy (non-hydrogen) atoms. The fourth-order valence-electron chi connectivity index (χ4n) is 4.30. The van der Waals surface area contributed by atoms with Crippen LogP contribution < -0.4 is 9.47 Å². The van der Waals surface area contributed by atoms with Gasteiger partial charge < -0.3 is 14.2 Å². The second-order valence-electron chi connectivity index (χ2n) is 9.97. The number of carbonyl (C=O) groups excluding carboxylic acids is 1. The Morgan fingerprint density at radius 3 is 2.14 bits per heavy atom. The first-order chi connectivity index (χ1) is 17.9. The van der Waals surface area contributed by atoms with E-state index in [1.54, 1.807) is 32.0 Å². The molecule has 192 valence electrons. The van der Waals surface area contributed by atoms with Gasteiger partial charge in [-0.05, 0) is 73.2 Å². The number of esters is 1. The Morgan fingerprint density at radius 1 is 0.838 bits per heavy atom. The van der Waals surface area contributed by atoms with Crippen LogP contribution in [-0.2, 0) is 11.2 Å². The molecule has 0 amide bonds. The van der Waals surface area contributed by atoms with Gasteiger partial charge in [0.05, 0.1) is 0 Å². The number of hydrogen-bond donors (Lipinski definition) is 0. The maximum absolute atomic E-state index is 12.3. The van der Waals surface area contributed by atoms with Gasteiger partial charge >= 0.3 is 5.97 Å². The normalized spacial score (nSPS) is 14.4. The molecule has 0 saturated heterocycles. The van der Waals surface area contributed by atoms with Crippen LogP contribution in [-0.4, -0.2) is 11.8 Å². The molecule has 1 aliphatic heterocycles. The van der Waals surface area contributed by atoms with Gasteiger partial charge in [-0.15, -0.1) is 0 Å². The van der Waals surface area contributed by atoms with E-state index >= 15 is 0 Å². The standard InChI is InChI=1S/C33H36O4/c1-5-7-9-24-11-13-25(14-12-24)15-16-26-17-19-27(20-18-26)30(10-8-6-2)35-28-21-22-29-31(23-28)36-33(3,4)37-32(29)34/h11-14,17-23,30H,5-10H2,1-4H3. The lowest BCUT2D eigenvalue weighted by molar-refractivity contribution is -0.127. The van der Waals surface area contributed by atoms with Crippen molar-refractivity contribution in [2.75, 3.05) is 0 Å². The third-order valence-electron chi connectivity index (χ3n) is 6.37. The van der Waals surface area contributed by atoms with Crippen molar-refractivity contribution in [1.82, 2.24) is 0 Å². The molecule has 0 fully saturated rings. The number of fused-ring (bicyclic) bond motifs is 1. The van der Waals surface area contributed by atoms with Crippen LogP contribution in [0.3, 0.4) is 0 Å². The van der Waals surface area contributed by atoms with Crippen molar-refractivity contribution >= 4 is 5.97 Å². The van der Waals surface area contributed by atoms with Crippen molar-refractivity contribution in [3.8, 4) is 23.3 Å². The Balaban J connectivity index is 1.47. The molecule has 0 radical (unpaired) electrons. The second-order valence-corrected chi connectivity index (χ2v) is 9.97. The number of hydrogen-bond acceptors (Lipinski definition) is 4. The highest BCUT2D eigenvalue weighted by Crippen LogP contribution is 2.36. The van der Waals surface area contributed by atoms with Crippen molar-refractivity contribution in [2.45, 2.75) is 78.1 Å². The summed E-state index contributed by atoms with van der Waals surface area (Å²) in [6, 6.07) is 22.1. The van der Waals surface area contributed by atoms with E-state index in [9.17, 15) is 4.79 Å². The third-order valence-corrected chi connectivity index (χ3v) is 6.37. The summed E-state index contributed by atoms with van der Waals surface area (Å²) >= 11 is 0. The van der Waals surface area contributed by atoms with Gasteiger partial charge in [0.2, 0.25) is 5.79 Å². The van der Waals surface area contributed by atoms with Crippen molar-refractivity contribution in [2.24, 2.45) is 0 Å². The van der Waals surface area contributed by atoms with Crippen LogP contribution in [0.1, 0.15) is 98.5 Å². The molecule has 1 aliphatic rings. The molecule has 4 nitrogen and oxygen atoms in total. The fourth-order valence-corrected chi connectivity index (χ4v) is 4.30. The highest BCUT2D eigenvalue weighted by molar-refractivity contribution is 5.93. The first kappa shape index (κ1) is 26.4. The van der Waals surface area contributed by atoms with Crippen LogP contribution >= 0.6 is 0 Å². The third kappa shape index (κ3) is 7.17. The predicted molar refractivity (Wildman–Crippen MR) is 147 cm³/mol. The summed E-state index contributed by atoms with van der Waals surface area (Å²) in [6.07, 6.45) is 6.44. The minimum Gasteiger partial charge on any atom is -0.486 e. The van der Waals surface area contributed by atoms with Crippen LogP contribution in [0, 0.1) is 11.8 Å². The number of cyclic esters (lactones) is 1. The summed E-state index contributed by atoms with van der Waals surface area (Å²) in [5.74, 6) is 6.31. The minimum absolute atomic E-state index is 0.112. The second kappa shape index (κ2) is 12.0. The number of aryl methyl sites for hydroxylation is 1. The summed E-state index contributed by atoms with van der Waals surface area (Å²) in [7, 11) is 0. The maximum Gasteiger partial charge on any atom is 0.345 e. The molecule has 0 aliphatic carbocycles. The van der Waals surface area contributed by atoms with E-state index in [1.807, 2.05) is 0 Å². The Labute approximate surface area is 221 Å². The minimum atomic E-state index is -1.00.